The summed E-state index contributed by atoms with van der Waals surface area (Å²) in [5.41, 5.74) is 2.00. The molecule has 138 valence electrons. The number of esters is 1. The van der Waals surface area contributed by atoms with Gasteiger partial charge >= 0.3 is 5.97 Å². The van der Waals surface area contributed by atoms with Crippen molar-refractivity contribution in [3.05, 3.63) is 65.2 Å². The van der Waals surface area contributed by atoms with E-state index in [4.69, 9.17) is 9.84 Å². The monoisotopic (exact) mass is 357 g/mol. The van der Waals surface area contributed by atoms with Gasteiger partial charge in [0.25, 0.3) is 5.91 Å². The largest absolute Gasteiger partial charge is 0.492 e. The first-order valence-electron chi connectivity index (χ1n) is 8.35. The topological polar surface area (TPSA) is 84.9 Å². The van der Waals surface area contributed by atoms with E-state index in [0.717, 1.165) is 5.56 Å². The summed E-state index contributed by atoms with van der Waals surface area (Å²) in [6.45, 7) is 2.66. The normalized spacial score (nSPS) is 11.5. The number of nitrogens with one attached hydrogen (secondary N) is 1. The Kier molecular flexibility index (Phi) is 7.17. The molecule has 6 heteroatoms. The molecule has 2 N–H and O–H groups in total. The Labute approximate surface area is 152 Å². The summed E-state index contributed by atoms with van der Waals surface area (Å²) in [5, 5.41) is 11.9. The molecule has 0 heterocycles. The molecule has 0 fully saturated rings. The zero-order valence-electron chi connectivity index (χ0n) is 14.9. The molecule has 1 amide bonds. The van der Waals surface area contributed by atoms with Crippen LogP contribution in [0.4, 0.5) is 0 Å². The van der Waals surface area contributed by atoms with Crippen LogP contribution in [0.2, 0.25) is 0 Å². The number of aliphatic hydroxyl groups is 1. The van der Waals surface area contributed by atoms with Crippen LogP contribution in [0.1, 0.15) is 39.1 Å². The number of benzene rings is 2. The van der Waals surface area contributed by atoms with Gasteiger partial charge < -0.3 is 19.9 Å². The van der Waals surface area contributed by atoms with Crippen LogP contribution in [-0.2, 0) is 4.74 Å². The number of aliphatic hydroxyl groups excluding tert-OH is 1. The van der Waals surface area contributed by atoms with Crippen molar-refractivity contribution in [1.29, 1.82) is 0 Å². The van der Waals surface area contributed by atoms with E-state index in [1.165, 1.54) is 7.11 Å². The van der Waals surface area contributed by atoms with Crippen molar-refractivity contribution in [2.45, 2.75) is 12.8 Å². The fraction of sp³-hybridized carbons (Fsp3) is 0.300. The van der Waals surface area contributed by atoms with Crippen molar-refractivity contribution >= 4 is 11.9 Å². The third-order valence-corrected chi connectivity index (χ3v) is 3.95. The highest BCUT2D eigenvalue weighted by atomic mass is 16.5. The molecule has 1 unspecified atom stereocenters. The summed E-state index contributed by atoms with van der Waals surface area (Å²) in [5.74, 6) is 0.0707. The third-order valence-electron chi connectivity index (χ3n) is 3.95. The summed E-state index contributed by atoms with van der Waals surface area (Å²) in [6.07, 6.45) is 0. The molecule has 0 aliphatic carbocycles. The number of ether oxygens (including phenoxy) is 2. The number of carbonyl (C=O) groups is 2. The minimum absolute atomic E-state index is 0.0473. The number of methoxy groups -OCH3 is 1. The van der Waals surface area contributed by atoms with Crippen molar-refractivity contribution in [1.82, 2.24) is 5.32 Å². The van der Waals surface area contributed by atoms with E-state index in [9.17, 15) is 9.59 Å². The predicted octanol–water partition coefficient (Wildman–Crippen LogP) is 2.38. The second-order valence-corrected chi connectivity index (χ2v) is 5.83. The van der Waals surface area contributed by atoms with Gasteiger partial charge in [-0.25, -0.2) is 4.79 Å². The molecular weight excluding hydrogens is 334 g/mol. The molecule has 6 nitrogen and oxygen atoms in total. The molecule has 26 heavy (non-hydrogen) atoms. The minimum atomic E-state index is -0.400. The van der Waals surface area contributed by atoms with Gasteiger partial charge in [0.2, 0.25) is 0 Å². The maximum absolute atomic E-state index is 12.1. The molecule has 0 radical (unpaired) electrons. The van der Waals surface area contributed by atoms with Gasteiger partial charge in [-0.15, -0.1) is 0 Å². The average Bonchev–Trinajstić information content (AvgIpc) is 2.70. The highest BCUT2D eigenvalue weighted by Crippen LogP contribution is 2.15. The van der Waals surface area contributed by atoms with E-state index >= 15 is 0 Å². The number of hydrogen-bond donors (Lipinski definition) is 2. The summed E-state index contributed by atoms with van der Waals surface area (Å²) in [6, 6.07) is 13.8. The van der Waals surface area contributed by atoms with Gasteiger partial charge in [0, 0.05) is 18.1 Å². The third kappa shape index (κ3) is 5.32. The molecule has 0 saturated carbocycles. The highest BCUT2D eigenvalue weighted by Gasteiger charge is 2.08. The Morgan fingerprint density at radius 1 is 1.04 bits per heavy atom. The molecule has 2 aromatic carbocycles. The van der Waals surface area contributed by atoms with Crippen LogP contribution in [-0.4, -0.2) is 43.9 Å². The van der Waals surface area contributed by atoms with Crippen molar-refractivity contribution < 1.29 is 24.2 Å². The molecule has 0 aromatic heterocycles. The summed E-state index contributed by atoms with van der Waals surface area (Å²) < 4.78 is 10.2. The fourth-order valence-corrected chi connectivity index (χ4v) is 2.31. The van der Waals surface area contributed by atoms with Crippen LogP contribution in [0.3, 0.4) is 0 Å². The lowest BCUT2D eigenvalue weighted by Gasteiger charge is -2.10. The second kappa shape index (κ2) is 9.58. The van der Waals surface area contributed by atoms with Crippen LogP contribution >= 0.6 is 0 Å². The van der Waals surface area contributed by atoms with Crippen LogP contribution in [0.5, 0.6) is 5.75 Å². The van der Waals surface area contributed by atoms with E-state index < -0.39 is 5.97 Å². The molecule has 1 atom stereocenters. The van der Waals surface area contributed by atoms with Gasteiger partial charge in [0.15, 0.2) is 0 Å². The van der Waals surface area contributed by atoms with Crippen molar-refractivity contribution in [3.8, 4) is 5.75 Å². The molecule has 0 aliphatic heterocycles. The van der Waals surface area contributed by atoms with Gasteiger partial charge in [-0.1, -0.05) is 19.1 Å². The maximum Gasteiger partial charge on any atom is 0.337 e. The van der Waals surface area contributed by atoms with Gasteiger partial charge in [0.05, 0.1) is 19.2 Å². The van der Waals surface area contributed by atoms with Gasteiger partial charge in [-0.3, -0.25) is 4.79 Å². The Morgan fingerprint density at radius 2 is 1.65 bits per heavy atom. The molecule has 2 aromatic rings. The van der Waals surface area contributed by atoms with Crippen molar-refractivity contribution in [3.63, 3.8) is 0 Å². The molecule has 0 saturated heterocycles. The molecule has 0 bridgehead atoms. The van der Waals surface area contributed by atoms with Gasteiger partial charge in [0.1, 0.15) is 12.4 Å². The lowest BCUT2D eigenvalue weighted by molar-refractivity contribution is 0.0600. The number of amides is 1. The maximum atomic E-state index is 12.1. The summed E-state index contributed by atoms with van der Waals surface area (Å²) in [4.78, 5) is 23.4. The summed E-state index contributed by atoms with van der Waals surface area (Å²) >= 11 is 0. The van der Waals surface area contributed by atoms with E-state index in [2.05, 4.69) is 10.1 Å². The Morgan fingerprint density at radius 3 is 2.23 bits per heavy atom. The van der Waals surface area contributed by atoms with Gasteiger partial charge in [-0.2, -0.15) is 0 Å². The lowest BCUT2D eigenvalue weighted by atomic mass is 10.0. The Hall–Kier alpha value is -2.86. The van der Waals surface area contributed by atoms with E-state index in [1.54, 1.807) is 36.4 Å². The van der Waals surface area contributed by atoms with Crippen molar-refractivity contribution in [2.75, 3.05) is 26.9 Å². The molecule has 2 rings (SSSR count). The van der Waals surface area contributed by atoms with Crippen LogP contribution in [0, 0.1) is 0 Å². The quantitative estimate of drug-likeness (QED) is 0.560. The Bertz CT molecular complexity index is 725. The first kappa shape index (κ1) is 19.5. The average molecular weight is 357 g/mol. The number of rotatable bonds is 8. The predicted molar refractivity (Wildman–Crippen MR) is 97.6 cm³/mol. The highest BCUT2D eigenvalue weighted by molar-refractivity contribution is 5.94. The van der Waals surface area contributed by atoms with Crippen LogP contribution < -0.4 is 10.1 Å². The molecule has 0 spiro atoms. The van der Waals surface area contributed by atoms with Crippen molar-refractivity contribution in [2.24, 2.45) is 0 Å². The number of hydrogen-bond acceptors (Lipinski definition) is 5. The van der Waals surface area contributed by atoms with Crippen LogP contribution in [0.15, 0.2) is 48.5 Å². The minimum Gasteiger partial charge on any atom is -0.492 e. The Balaban J connectivity index is 1.77. The number of carbonyl (C=O) groups excluding carboxylic acids is 2. The fourth-order valence-electron chi connectivity index (χ4n) is 2.31. The SMILES string of the molecule is COC(=O)c1ccc(OCCNC(=O)c2ccc(C(C)CO)cc2)cc1. The summed E-state index contributed by atoms with van der Waals surface area (Å²) in [7, 11) is 1.33. The first-order chi connectivity index (χ1) is 12.5. The second-order valence-electron chi connectivity index (χ2n) is 5.83. The zero-order valence-corrected chi connectivity index (χ0v) is 14.9. The molecular formula is C20H23NO5. The van der Waals surface area contributed by atoms with E-state index in [0.29, 0.717) is 30.0 Å². The molecule has 0 aliphatic rings. The lowest BCUT2D eigenvalue weighted by Crippen LogP contribution is -2.28. The van der Waals surface area contributed by atoms with Crippen LogP contribution in [0.25, 0.3) is 0 Å². The van der Waals surface area contributed by atoms with E-state index in [1.807, 2.05) is 19.1 Å². The van der Waals surface area contributed by atoms with Gasteiger partial charge in [-0.05, 0) is 42.0 Å². The first-order valence-corrected chi connectivity index (χ1v) is 8.35. The van der Waals surface area contributed by atoms with E-state index in [-0.39, 0.29) is 18.4 Å². The zero-order chi connectivity index (χ0) is 18.9. The standard InChI is InChI=1S/C20H23NO5/c1-14(13-22)15-3-5-16(6-4-15)19(23)21-11-12-26-18-9-7-17(8-10-18)20(24)25-2/h3-10,14,22H,11-13H2,1-2H3,(H,21,23). The smallest absolute Gasteiger partial charge is 0.337 e.